The smallest absolute Gasteiger partial charge is 0.412 e. The van der Waals surface area contributed by atoms with Crippen molar-refractivity contribution in [2.45, 2.75) is 45.3 Å². The molecule has 0 radical (unpaired) electrons. The SMILES string of the molecule is CC(C)(C)OC(=O)Nc1cccc(C(=O)NC(CN2CCCC2=O)c2ccccc2)c1. The fourth-order valence-electron chi connectivity index (χ4n) is 3.44. The van der Waals surface area contributed by atoms with Crippen molar-refractivity contribution in [3.05, 3.63) is 65.7 Å². The molecular weight excluding hydrogens is 394 g/mol. The molecule has 3 amide bonds. The molecule has 7 heteroatoms. The molecule has 1 saturated heterocycles. The lowest BCUT2D eigenvalue weighted by molar-refractivity contribution is -0.128. The van der Waals surface area contributed by atoms with E-state index in [-0.39, 0.29) is 17.9 Å². The minimum absolute atomic E-state index is 0.110. The van der Waals surface area contributed by atoms with E-state index < -0.39 is 11.7 Å². The summed E-state index contributed by atoms with van der Waals surface area (Å²) in [6.07, 6.45) is 0.806. The third-order valence-corrected chi connectivity index (χ3v) is 4.85. The van der Waals surface area contributed by atoms with E-state index in [1.165, 1.54) is 0 Å². The van der Waals surface area contributed by atoms with Gasteiger partial charge in [0, 0.05) is 30.8 Å². The van der Waals surface area contributed by atoms with E-state index >= 15 is 0 Å². The number of benzene rings is 2. The molecular formula is C24H29N3O4. The van der Waals surface area contributed by atoms with Crippen LogP contribution in [0.15, 0.2) is 54.6 Å². The molecule has 1 aliphatic heterocycles. The van der Waals surface area contributed by atoms with E-state index in [4.69, 9.17) is 4.74 Å². The lowest BCUT2D eigenvalue weighted by atomic mass is 10.1. The molecule has 0 saturated carbocycles. The van der Waals surface area contributed by atoms with Gasteiger partial charge < -0.3 is 15.0 Å². The predicted molar refractivity (Wildman–Crippen MR) is 119 cm³/mol. The van der Waals surface area contributed by atoms with E-state index in [0.717, 1.165) is 12.0 Å². The quantitative estimate of drug-likeness (QED) is 0.731. The Kier molecular flexibility index (Phi) is 6.95. The number of ether oxygens (including phenoxy) is 1. The summed E-state index contributed by atoms with van der Waals surface area (Å²) in [5, 5.41) is 5.69. The van der Waals surface area contributed by atoms with Gasteiger partial charge in [-0.3, -0.25) is 14.9 Å². The molecule has 1 heterocycles. The molecule has 0 spiro atoms. The predicted octanol–water partition coefficient (Wildman–Crippen LogP) is 4.13. The number of amides is 3. The van der Waals surface area contributed by atoms with Crippen molar-refractivity contribution in [3.8, 4) is 0 Å². The standard InChI is InChI=1S/C24H29N3O4/c1-24(2,3)31-23(30)25-19-12-7-11-18(15-19)22(29)26-20(17-9-5-4-6-10-17)16-27-14-8-13-21(27)28/h4-7,9-12,15,20H,8,13-14,16H2,1-3H3,(H,25,30)(H,26,29). The highest BCUT2D eigenvalue weighted by molar-refractivity contribution is 5.96. The molecule has 0 aromatic heterocycles. The largest absolute Gasteiger partial charge is 0.444 e. The van der Waals surface area contributed by atoms with Crippen molar-refractivity contribution >= 4 is 23.6 Å². The van der Waals surface area contributed by atoms with Crippen molar-refractivity contribution in [2.75, 3.05) is 18.4 Å². The number of rotatable bonds is 6. The molecule has 0 bridgehead atoms. The number of hydrogen-bond donors (Lipinski definition) is 2. The molecule has 1 atom stereocenters. The fourth-order valence-corrected chi connectivity index (χ4v) is 3.44. The van der Waals surface area contributed by atoms with Gasteiger partial charge in [0.15, 0.2) is 0 Å². The Balaban J connectivity index is 1.72. The third kappa shape index (κ3) is 6.57. The van der Waals surface area contributed by atoms with Crippen molar-refractivity contribution in [2.24, 2.45) is 0 Å². The van der Waals surface area contributed by atoms with Gasteiger partial charge in [-0.15, -0.1) is 0 Å². The van der Waals surface area contributed by atoms with E-state index in [9.17, 15) is 14.4 Å². The summed E-state index contributed by atoms with van der Waals surface area (Å²) in [7, 11) is 0. The average Bonchev–Trinajstić information content (AvgIpc) is 3.11. The highest BCUT2D eigenvalue weighted by Crippen LogP contribution is 2.20. The van der Waals surface area contributed by atoms with Crippen LogP contribution in [0.4, 0.5) is 10.5 Å². The molecule has 1 fully saturated rings. The Morgan fingerprint density at radius 3 is 2.48 bits per heavy atom. The monoisotopic (exact) mass is 423 g/mol. The second kappa shape index (κ2) is 9.64. The van der Waals surface area contributed by atoms with Crippen molar-refractivity contribution in [3.63, 3.8) is 0 Å². The van der Waals surface area contributed by atoms with Crippen molar-refractivity contribution in [1.29, 1.82) is 0 Å². The fraction of sp³-hybridized carbons (Fsp3) is 0.375. The van der Waals surface area contributed by atoms with Crippen LogP contribution in [-0.4, -0.2) is 41.5 Å². The van der Waals surface area contributed by atoms with Gasteiger partial charge in [-0.25, -0.2) is 4.79 Å². The van der Waals surface area contributed by atoms with Crippen LogP contribution in [0.2, 0.25) is 0 Å². The van der Waals surface area contributed by atoms with Crippen LogP contribution in [0.5, 0.6) is 0 Å². The van der Waals surface area contributed by atoms with E-state index in [1.54, 1.807) is 49.9 Å². The summed E-state index contributed by atoms with van der Waals surface area (Å²) >= 11 is 0. The first kappa shape index (κ1) is 22.3. The maximum absolute atomic E-state index is 13.0. The van der Waals surface area contributed by atoms with Crippen LogP contribution in [0.1, 0.15) is 55.6 Å². The molecule has 3 rings (SSSR count). The van der Waals surface area contributed by atoms with Gasteiger partial charge in [-0.2, -0.15) is 0 Å². The number of nitrogens with zero attached hydrogens (tertiary/aromatic N) is 1. The van der Waals surface area contributed by atoms with Crippen molar-refractivity contribution in [1.82, 2.24) is 10.2 Å². The molecule has 2 aromatic rings. The number of carbonyl (C=O) groups excluding carboxylic acids is 3. The Bertz CT molecular complexity index is 937. The number of likely N-dealkylation sites (tertiary alicyclic amines) is 1. The van der Waals surface area contributed by atoms with Crippen molar-refractivity contribution < 1.29 is 19.1 Å². The Hall–Kier alpha value is -3.35. The Labute approximate surface area is 182 Å². The summed E-state index contributed by atoms with van der Waals surface area (Å²) in [6, 6.07) is 15.9. The lowest BCUT2D eigenvalue weighted by Gasteiger charge is -2.25. The second-order valence-electron chi connectivity index (χ2n) is 8.59. The third-order valence-electron chi connectivity index (χ3n) is 4.85. The van der Waals surface area contributed by atoms with Gasteiger partial charge in [-0.1, -0.05) is 36.4 Å². The van der Waals surface area contributed by atoms with E-state index in [1.807, 2.05) is 30.3 Å². The molecule has 0 aliphatic carbocycles. The minimum atomic E-state index is -0.616. The number of nitrogens with one attached hydrogen (secondary N) is 2. The lowest BCUT2D eigenvalue weighted by Crippen LogP contribution is -2.38. The van der Waals surface area contributed by atoms with Gasteiger partial charge in [0.2, 0.25) is 5.91 Å². The topological polar surface area (TPSA) is 87.7 Å². The molecule has 2 N–H and O–H groups in total. The number of carbonyl (C=O) groups is 3. The van der Waals surface area contributed by atoms with Crippen LogP contribution < -0.4 is 10.6 Å². The van der Waals surface area contributed by atoms with Gasteiger partial charge >= 0.3 is 6.09 Å². The molecule has 1 unspecified atom stereocenters. The zero-order valence-corrected chi connectivity index (χ0v) is 18.2. The first-order valence-electron chi connectivity index (χ1n) is 10.4. The summed E-state index contributed by atoms with van der Waals surface area (Å²) in [6.45, 7) is 6.47. The zero-order valence-electron chi connectivity index (χ0n) is 18.2. The molecule has 31 heavy (non-hydrogen) atoms. The number of hydrogen-bond acceptors (Lipinski definition) is 4. The van der Waals surface area contributed by atoms with E-state index in [2.05, 4.69) is 10.6 Å². The normalized spacial score (nSPS) is 14.8. The first-order chi connectivity index (χ1) is 14.7. The Morgan fingerprint density at radius 2 is 1.84 bits per heavy atom. The van der Waals surface area contributed by atoms with Gasteiger partial charge in [-0.05, 0) is 51.0 Å². The van der Waals surface area contributed by atoms with Crippen LogP contribution in [0, 0.1) is 0 Å². The average molecular weight is 424 g/mol. The van der Waals surface area contributed by atoms with Crippen LogP contribution in [0.25, 0.3) is 0 Å². The molecule has 7 nitrogen and oxygen atoms in total. The van der Waals surface area contributed by atoms with Crippen LogP contribution >= 0.6 is 0 Å². The molecule has 164 valence electrons. The summed E-state index contributed by atoms with van der Waals surface area (Å²) < 4.78 is 5.26. The maximum atomic E-state index is 13.0. The summed E-state index contributed by atoms with van der Waals surface area (Å²) in [4.78, 5) is 38.9. The number of anilines is 1. The highest BCUT2D eigenvalue weighted by atomic mass is 16.6. The highest BCUT2D eigenvalue weighted by Gasteiger charge is 2.25. The minimum Gasteiger partial charge on any atom is -0.444 e. The first-order valence-corrected chi connectivity index (χ1v) is 10.4. The van der Waals surface area contributed by atoms with Crippen LogP contribution in [0.3, 0.4) is 0 Å². The molecule has 2 aromatic carbocycles. The summed E-state index contributed by atoms with van der Waals surface area (Å²) in [5.74, 6) is -0.174. The van der Waals surface area contributed by atoms with Gasteiger partial charge in [0.1, 0.15) is 5.60 Å². The Morgan fingerprint density at radius 1 is 1.10 bits per heavy atom. The zero-order chi connectivity index (χ0) is 22.4. The molecule has 1 aliphatic rings. The summed E-state index contributed by atoms with van der Waals surface area (Å²) in [5.41, 5.74) is 1.18. The second-order valence-corrected chi connectivity index (χ2v) is 8.59. The van der Waals surface area contributed by atoms with Gasteiger partial charge in [0.05, 0.1) is 6.04 Å². The van der Waals surface area contributed by atoms with E-state index in [0.29, 0.717) is 30.8 Å². The van der Waals surface area contributed by atoms with Gasteiger partial charge in [0.25, 0.3) is 5.91 Å². The maximum Gasteiger partial charge on any atom is 0.412 e. The van der Waals surface area contributed by atoms with Crippen LogP contribution in [-0.2, 0) is 9.53 Å².